The minimum absolute atomic E-state index is 0.0367. The summed E-state index contributed by atoms with van der Waals surface area (Å²) in [6, 6.07) is 0. The van der Waals surface area contributed by atoms with E-state index in [2.05, 4.69) is 118 Å². The number of hydrogen-bond acceptors (Lipinski definition) is 11. The summed E-state index contributed by atoms with van der Waals surface area (Å²) in [5.74, 6) is -3.20. The van der Waals surface area contributed by atoms with Gasteiger partial charge >= 0.3 is 23.9 Å². The molecule has 1 aliphatic heterocycles. The molecule has 0 amide bonds. The molecule has 1 aliphatic rings. The summed E-state index contributed by atoms with van der Waals surface area (Å²) < 4.78 is 28.3. The zero-order chi connectivity index (χ0) is 54.7. The van der Waals surface area contributed by atoms with Crippen LogP contribution in [0.2, 0.25) is 0 Å². The van der Waals surface area contributed by atoms with Crippen molar-refractivity contribution in [2.24, 2.45) is 0 Å². The van der Waals surface area contributed by atoms with Gasteiger partial charge in [0, 0.05) is 19.3 Å². The van der Waals surface area contributed by atoms with Gasteiger partial charge < -0.3 is 39.0 Å². The molecule has 12 nitrogen and oxygen atoms in total. The van der Waals surface area contributed by atoms with Crippen LogP contribution < -0.4 is 0 Å². The van der Waals surface area contributed by atoms with E-state index in [9.17, 15) is 34.5 Å². The highest BCUT2D eigenvalue weighted by Gasteiger charge is 2.50. The molecule has 0 saturated carbocycles. The second-order valence-corrected chi connectivity index (χ2v) is 19.5. The molecule has 0 radical (unpaired) electrons. The Morgan fingerprint density at radius 2 is 0.840 bits per heavy atom. The van der Waals surface area contributed by atoms with Crippen LogP contribution in [0.5, 0.6) is 0 Å². The number of aliphatic hydroxyl groups excluding tert-OH is 2. The molecule has 0 aromatic rings. The molecule has 1 rings (SSSR count). The van der Waals surface area contributed by atoms with Crippen molar-refractivity contribution >= 4 is 23.9 Å². The Hall–Kier alpha value is -4.36. The van der Waals surface area contributed by atoms with Crippen LogP contribution in [0.25, 0.3) is 0 Å². The van der Waals surface area contributed by atoms with Crippen molar-refractivity contribution in [1.29, 1.82) is 0 Å². The quantitative estimate of drug-likeness (QED) is 0.0228. The summed E-state index contributed by atoms with van der Waals surface area (Å²) in [7, 11) is 0. The lowest BCUT2D eigenvalue weighted by Crippen LogP contribution is -2.61. The lowest BCUT2D eigenvalue weighted by molar-refractivity contribution is -0.301. The third kappa shape index (κ3) is 40.6. The molecule has 0 aliphatic carbocycles. The number of carboxylic acid groups (broad SMARTS) is 1. The average Bonchev–Trinajstić information content (AvgIpc) is 3.39. The predicted octanol–water partition coefficient (Wildman–Crippen LogP) is 14.9. The third-order valence-corrected chi connectivity index (χ3v) is 12.7. The van der Waals surface area contributed by atoms with Crippen LogP contribution in [-0.4, -0.2) is 89.2 Å². The number of ether oxygens (including phenoxy) is 5. The largest absolute Gasteiger partial charge is 0.479 e. The Labute approximate surface area is 453 Å². The van der Waals surface area contributed by atoms with Gasteiger partial charge in [-0.3, -0.25) is 14.4 Å². The molecule has 1 saturated heterocycles. The van der Waals surface area contributed by atoms with Gasteiger partial charge in [0.25, 0.3) is 0 Å². The van der Waals surface area contributed by atoms with Gasteiger partial charge in [-0.25, -0.2) is 4.79 Å². The number of esters is 3. The van der Waals surface area contributed by atoms with Crippen molar-refractivity contribution in [3.8, 4) is 0 Å². The van der Waals surface area contributed by atoms with Crippen molar-refractivity contribution in [2.75, 3.05) is 13.2 Å². The van der Waals surface area contributed by atoms with Crippen molar-refractivity contribution in [3.63, 3.8) is 0 Å². The van der Waals surface area contributed by atoms with E-state index in [1.54, 1.807) is 0 Å². The van der Waals surface area contributed by atoms with Crippen LogP contribution in [0.1, 0.15) is 226 Å². The Morgan fingerprint density at radius 3 is 1.31 bits per heavy atom. The maximum Gasteiger partial charge on any atom is 0.335 e. The molecule has 426 valence electrons. The summed E-state index contributed by atoms with van der Waals surface area (Å²) in [6.45, 7) is 5.71. The van der Waals surface area contributed by atoms with E-state index in [4.69, 9.17) is 23.7 Å². The molecule has 6 unspecified atom stereocenters. The standard InChI is InChI=1S/C63H102O12/c1-4-7-10-13-16-19-22-24-26-27-28-29-31-33-36-39-42-45-48-51-57(66)74-61-59(68)58(67)60(62(69)70)75-63(61)72-53-54(73-56(65)50-47-44-41-38-34-21-18-15-12-9-6-3)52-71-55(64)49-46-43-40-37-35-32-30-25-23-20-17-14-11-8-5-2/h7-8,10-11,16-17,19-20,24-26,28-30,35,37,54,58-61,63,67-68H,4-6,9,12-15,18,21-23,27,31-34,36,38-53H2,1-3H3,(H,69,70)/b10-7-,11-8-,19-16-,20-17-,26-24-,29-28-,30-25-,37-35-. The zero-order valence-corrected chi connectivity index (χ0v) is 46.8. The second kappa shape index (κ2) is 50.5. The number of allylic oxidation sites excluding steroid dienone is 16. The number of carbonyl (C=O) groups is 4. The van der Waals surface area contributed by atoms with Gasteiger partial charge in [-0.1, -0.05) is 208 Å². The van der Waals surface area contributed by atoms with Crippen molar-refractivity contribution in [3.05, 3.63) is 97.2 Å². The number of rotatable bonds is 48. The van der Waals surface area contributed by atoms with Gasteiger partial charge in [0.1, 0.15) is 18.8 Å². The topological polar surface area (TPSA) is 175 Å². The fourth-order valence-corrected chi connectivity index (χ4v) is 8.23. The van der Waals surface area contributed by atoms with Gasteiger partial charge in [-0.2, -0.15) is 0 Å². The van der Waals surface area contributed by atoms with Crippen LogP contribution in [0.15, 0.2) is 97.2 Å². The number of hydrogen-bond donors (Lipinski definition) is 3. The van der Waals surface area contributed by atoms with Crippen LogP contribution in [0.3, 0.4) is 0 Å². The number of aliphatic carboxylic acids is 1. The first kappa shape index (κ1) is 68.7. The SMILES string of the molecule is CC/C=C\C/C=C\C/C=C\C/C=C\CCCCCCCCC(=O)OC1C(OCC(COC(=O)CCCC/C=C\C/C=C\C/C=C\C/C=C\CC)OC(=O)CCCCCCCCCCCCC)OC(C(=O)O)C(O)C1O. The molecule has 75 heavy (non-hydrogen) atoms. The summed E-state index contributed by atoms with van der Waals surface area (Å²) in [6.07, 6.45) is 53.8. The highest BCUT2D eigenvalue weighted by Crippen LogP contribution is 2.26. The summed E-state index contributed by atoms with van der Waals surface area (Å²) in [5, 5.41) is 31.5. The van der Waals surface area contributed by atoms with Crippen LogP contribution in [0.4, 0.5) is 0 Å². The summed E-state index contributed by atoms with van der Waals surface area (Å²) >= 11 is 0. The molecule has 12 heteroatoms. The molecule has 6 atom stereocenters. The van der Waals surface area contributed by atoms with Gasteiger partial charge in [0.2, 0.25) is 0 Å². The lowest BCUT2D eigenvalue weighted by atomic mass is 9.98. The third-order valence-electron chi connectivity index (χ3n) is 12.7. The number of unbranched alkanes of at least 4 members (excludes halogenated alkanes) is 18. The van der Waals surface area contributed by atoms with Crippen molar-refractivity contribution in [2.45, 2.75) is 263 Å². The maximum absolute atomic E-state index is 13.1. The Bertz CT molecular complexity index is 1670. The summed E-state index contributed by atoms with van der Waals surface area (Å²) in [5.41, 5.74) is 0. The van der Waals surface area contributed by atoms with E-state index in [0.29, 0.717) is 19.3 Å². The normalized spacial score (nSPS) is 18.9. The Kier molecular flexibility index (Phi) is 46.2. The van der Waals surface area contributed by atoms with Gasteiger partial charge in [-0.05, 0) is 96.3 Å². The minimum atomic E-state index is -1.92. The van der Waals surface area contributed by atoms with Crippen LogP contribution in [-0.2, 0) is 42.9 Å². The molecular formula is C63H102O12. The van der Waals surface area contributed by atoms with Crippen molar-refractivity contribution < 1.29 is 58.2 Å². The van der Waals surface area contributed by atoms with E-state index in [0.717, 1.165) is 122 Å². The number of carbonyl (C=O) groups excluding carboxylic acids is 3. The first-order chi connectivity index (χ1) is 36.6. The second-order valence-electron chi connectivity index (χ2n) is 19.5. The van der Waals surface area contributed by atoms with E-state index in [1.165, 1.54) is 44.9 Å². The molecular weight excluding hydrogens is 949 g/mol. The van der Waals surface area contributed by atoms with Gasteiger partial charge in [0.15, 0.2) is 24.6 Å². The van der Waals surface area contributed by atoms with Crippen molar-refractivity contribution in [1.82, 2.24) is 0 Å². The molecule has 0 aromatic carbocycles. The molecule has 0 aromatic heterocycles. The van der Waals surface area contributed by atoms with E-state index >= 15 is 0 Å². The molecule has 0 spiro atoms. The van der Waals surface area contributed by atoms with E-state index in [1.807, 2.05) is 0 Å². The number of carboxylic acids is 1. The minimum Gasteiger partial charge on any atom is -0.479 e. The summed E-state index contributed by atoms with van der Waals surface area (Å²) in [4.78, 5) is 51.0. The molecule has 3 N–H and O–H groups in total. The highest BCUT2D eigenvalue weighted by molar-refractivity contribution is 5.74. The average molecular weight is 1050 g/mol. The van der Waals surface area contributed by atoms with Gasteiger partial charge in [0.05, 0.1) is 6.61 Å². The highest BCUT2D eigenvalue weighted by atomic mass is 16.7. The monoisotopic (exact) mass is 1050 g/mol. The lowest BCUT2D eigenvalue weighted by Gasteiger charge is -2.40. The first-order valence-electron chi connectivity index (χ1n) is 29.2. The van der Waals surface area contributed by atoms with E-state index in [-0.39, 0.29) is 25.9 Å². The smallest absolute Gasteiger partial charge is 0.335 e. The first-order valence-corrected chi connectivity index (χ1v) is 29.2. The van der Waals surface area contributed by atoms with Crippen LogP contribution in [0, 0.1) is 0 Å². The fraction of sp³-hybridized carbons (Fsp3) is 0.683. The maximum atomic E-state index is 13.1. The zero-order valence-electron chi connectivity index (χ0n) is 46.8. The Balaban J connectivity index is 2.70. The van der Waals surface area contributed by atoms with Crippen LogP contribution >= 0.6 is 0 Å². The molecule has 1 heterocycles. The van der Waals surface area contributed by atoms with Gasteiger partial charge in [-0.15, -0.1) is 0 Å². The Morgan fingerprint density at radius 1 is 0.453 bits per heavy atom. The molecule has 1 fully saturated rings. The fourth-order valence-electron chi connectivity index (χ4n) is 8.23. The number of aliphatic hydroxyl groups is 2. The molecule has 0 bridgehead atoms. The predicted molar refractivity (Wildman–Crippen MR) is 303 cm³/mol. The van der Waals surface area contributed by atoms with E-state index < -0.39 is 67.3 Å².